The number of halogens is 1. The third kappa shape index (κ3) is 2.33. The molecule has 4 nitrogen and oxygen atoms in total. The maximum Gasteiger partial charge on any atom is 0.125 e. The fourth-order valence-corrected chi connectivity index (χ4v) is 2.82. The van der Waals surface area contributed by atoms with Gasteiger partial charge in [0.2, 0.25) is 0 Å². The highest BCUT2D eigenvalue weighted by atomic mass is 35.5. The van der Waals surface area contributed by atoms with Crippen LogP contribution in [0.15, 0.2) is 24.5 Å². The summed E-state index contributed by atoms with van der Waals surface area (Å²) in [6.45, 7) is 0.723. The Bertz CT molecular complexity index is 609. The van der Waals surface area contributed by atoms with E-state index in [4.69, 9.17) is 22.1 Å². The van der Waals surface area contributed by atoms with Crippen molar-refractivity contribution in [2.45, 2.75) is 18.9 Å². The molecule has 0 saturated heterocycles. The fraction of sp³-hybridized carbons (Fsp3) is 0.357. The third-order valence-electron chi connectivity index (χ3n) is 3.46. The van der Waals surface area contributed by atoms with E-state index < -0.39 is 0 Å². The van der Waals surface area contributed by atoms with Crippen molar-refractivity contribution in [2.24, 2.45) is 12.8 Å². The molecule has 2 heterocycles. The molecular formula is C14H16ClN3O. The van der Waals surface area contributed by atoms with Gasteiger partial charge in [0.15, 0.2) is 0 Å². The van der Waals surface area contributed by atoms with Crippen LogP contribution in [0.2, 0.25) is 5.02 Å². The third-order valence-corrected chi connectivity index (χ3v) is 3.67. The van der Waals surface area contributed by atoms with Crippen molar-refractivity contribution >= 4 is 11.6 Å². The largest absolute Gasteiger partial charge is 0.493 e. The first-order valence-corrected chi connectivity index (χ1v) is 6.70. The van der Waals surface area contributed by atoms with E-state index in [1.807, 2.05) is 29.9 Å². The van der Waals surface area contributed by atoms with E-state index in [-0.39, 0.29) is 6.04 Å². The molecule has 1 atom stereocenters. The lowest BCUT2D eigenvalue weighted by molar-refractivity contribution is 0.352. The molecule has 100 valence electrons. The second kappa shape index (κ2) is 4.87. The first kappa shape index (κ1) is 12.5. The zero-order valence-electron chi connectivity index (χ0n) is 10.8. The van der Waals surface area contributed by atoms with E-state index in [2.05, 4.69) is 4.98 Å². The second-order valence-electron chi connectivity index (χ2n) is 4.86. The quantitative estimate of drug-likeness (QED) is 0.936. The van der Waals surface area contributed by atoms with E-state index in [1.54, 1.807) is 6.20 Å². The van der Waals surface area contributed by atoms with Gasteiger partial charge in [-0.2, -0.15) is 0 Å². The maximum absolute atomic E-state index is 6.23. The van der Waals surface area contributed by atoms with Gasteiger partial charge in [-0.15, -0.1) is 0 Å². The van der Waals surface area contributed by atoms with Crippen LogP contribution in [-0.4, -0.2) is 16.2 Å². The van der Waals surface area contributed by atoms with Crippen molar-refractivity contribution in [1.29, 1.82) is 0 Å². The number of nitrogens with two attached hydrogens (primary N) is 1. The van der Waals surface area contributed by atoms with Crippen LogP contribution in [-0.2, 0) is 19.9 Å². The Labute approximate surface area is 117 Å². The van der Waals surface area contributed by atoms with Gasteiger partial charge < -0.3 is 15.0 Å². The molecular weight excluding hydrogens is 262 g/mol. The van der Waals surface area contributed by atoms with Gasteiger partial charge >= 0.3 is 0 Å². The van der Waals surface area contributed by atoms with Crippen LogP contribution in [0.25, 0.3) is 0 Å². The van der Waals surface area contributed by atoms with Crippen LogP contribution in [0.4, 0.5) is 0 Å². The molecule has 0 aliphatic carbocycles. The molecule has 0 radical (unpaired) electrons. The maximum atomic E-state index is 6.23. The molecule has 0 amide bonds. The topological polar surface area (TPSA) is 53.1 Å². The Morgan fingerprint density at radius 3 is 3.11 bits per heavy atom. The summed E-state index contributed by atoms with van der Waals surface area (Å²) in [7, 11) is 1.95. The normalized spacial score (nSPS) is 15.1. The minimum absolute atomic E-state index is 0.160. The zero-order chi connectivity index (χ0) is 13.4. The molecule has 0 saturated carbocycles. The Morgan fingerprint density at radius 1 is 1.53 bits per heavy atom. The van der Waals surface area contributed by atoms with Gasteiger partial charge in [-0.3, -0.25) is 0 Å². The molecule has 1 aliphatic heterocycles. The highest BCUT2D eigenvalue weighted by Crippen LogP contribution is 2.34. The lowest BCUT2D eigenvalue weighted by atomic mass is 10.0. The first-order valence-electron chi connectivity index (χ1n) is 6.32. The number of nitrogens with zero attached hydrogens (tertiary/aromatic N) is 2. The van der Waals surface area contributed by atoms with Crippen LogP contribution < -0.4 is 10.5 Å². The van der Waals surface area contributed by atoms with Gasteiger partial charge in [0.1, 0.15) is 11.6 Å². The summed E-state index contributed by atoms with van der Waals surface area (Å²) >= 11 is 6.15. The smallest absolute Gasteiger partial charge is 0.125 e. The van der Waals surface area contributed by atoms with Crippen molar-refractivity contribution < 1.29 is 4.74 Å². The van der Waals surface area contributed by atoms with Crippen LogP contribution in [0.5, 0.6) is 5.75 Å². The van der Waals surface area contributed by atoms with Gasteiger partial charge in [0.25, 0.3) is 0 Å². The van der Waals surface area contributed by atoms with E-state index in [0.717, 1.165) is 35.2 Å². The van der Waals surface area contributed by atoms with E-state index in [0.29, 0.717) is 6.42 Å². The lowest BCUT2D eigenvalue weighted by Gasteiger charge is -2.14. The van der Waals surface area contributed by atoms with Crippen LogP contribution in [0.3, 0.4) is 0 Å². The van der Waals surface area contributed by atoms with Crippen molar-refractivity contribution in [1.82, 2.24) is 9.55 Å². The number of benzene rings is 1. The number of hydrogen-bond acceptors (Lipinski definition) is 3. The first-order chi connectivity index (χ1) is 9.15. The molecule has 5 heteroatoms. The summed E-state index contributed by atoms with van der Waals surface area (Å²) in [6, 6.07) is 3.75. The minimum atomic E-state index is -0.160. The Kier molecular flexibility index (Phi) is 3.21. The van der Waals surface area contributed by atoms with Crippen LogP contribution in [0, 0.1) is 0 Å². The standard InChI is InChI=1S/C14H16ClN3O/c1-18-4-3-17-14(18)12(16)8-10-7-11(15)6-9-2-5-19-13(9)10/h3-4,6-7,12H,2,5,8,16H2,1H3. The number of hydrogen-bond donors (Lipinski definition) is 1. The number of aromatic nitrogens is 2. The van der Waals surface area contributed by atoms with E-state index >= 15 is 0 Å². The van der Waals surface area contributed by atoms with Crippen LogP contribution in [0.1, 0.15) is 23.0 Å². The summed E-state index contributed by atoms with van der Waals surface area (Å²) in [5, 5.41) is 0.742. The number of rotatable bonds is 3. The summed E-state index contributed by atoms with van der Waals surface area (Å²) in [5.74, 6) is 1.82. The number of aryl methyl sites for hydroxylation is 1. The molecule has 0 spiro atoms. The van der Waals surface area contributed by atoms with Crippen molar-refractivity contribution in [3.8, 4) is 5.75 Å². The molecule has 1 aromatic carbocycles. The predicted octanol–water partition coefficient (Wildman–Crippen LogP) is 2.25. The van der Waals surface area contributed by atoms with Gasteiger partial charge in [-0.05, 0) is 29.7 Å². The van der Waals surface area contributed by atoms with E-state index in [9.17, 15) is 0 Å². The van der Waals surface area contributed by atoms with Gasteiger partial charge in [-0.25, -0.2) is 4.98 Å². The lowest BCUT2D eigenvalue weighted by Crippen LogP contribution is -2.18. The number of imidazole rings is 1. The summed E-state index contributed by atoms with van der Waals surface area (Å²) in [4.78, 5) is 4.29. The minimum Gasteiger partial charge on any atom is -0.493 e. The Balaban J connectivity index is 1.90. The molecule has 2 N–H and O–H groups in total. The van der Waals surface area contributed by atoms with Crippen molar-refractivity contribution in [2.75, 3.05) is 6.61 Å². The average Bonchev–Trinajstić information content (AvgIpc) is 2.97. The SMILES string of the molecule is Cn1ccnc1C(N)Cc1cc(Cl)cc2c1OCC2. The number of ether oxygens (including phenoxy) is 1. The Hall–Kier alpha value is -1.52. The molecule has 2 aromatic rings. The van der Waals surface area contributed by atoms with Crippen LogP contribution >= 0.6 is 11.6 Å². The highest BCUT2D eigenvalue weighted by Gasteiger charge is 2.20. The Morgan fingerprint density at radius 2 is 2.37 bits per heavy atom. The van der Waals surface area contributed by atoms with Gasteiger partial charge in [-0.1, -0.05) is 11.6 Å². The van der Waals surface area contributed by atoms with Gasteiger partial charge in [0.05, 0.1) is 12.6 Å². The number of fused-ring (bicyclic) bond motifs is 1. The second-order valence-corrected chi connectivity index (χ2v) is 5.30. The predicted molar refractivity (Wildman–Crippen MR) is 74.5 cm³/mol. The zero-order valence-corrected chi connectivity index (χ0v) is 11.5. The molecule has 1 aliphatic rings. The molecule has 1 aromatic heterocycles. The van der Waals surface area contributed by atoms with E-state index in [1.165, 1.54) is 5.56 Å². The summed E-state index contributed by atoms with van der Waals surface area (Å²) in [6.07, 6.45) is 5.25. The fourth-order valence-electron chi connectivity index (χ4n) is 2.56. The molecule has 19 heavy (non-hydrogen) atoms. The summed E-state index contributed by atoms with van der Waals surface area (Å²) in [5.41, 5.74) is 8.48. The average molecular weight is 278 g/mol. The molecule has 3 rings (SSSR count). The summed E-state index contributed by atoms with van der Waals surface area (Å²) < 4.78 is 7.63. The van der Waals surface area contributed by atoms with Gasteiger partial charge in [0, 0.05) is 30.9 Å². The monoisotopic (exact) mass is 277 g/mol. The van der Waals surface area contributed by atoms with Crippen molar-refractivity contribution in [3.63, 3.8) is 0 Å². The van der Waals surface area contributed by atoms with Crippen molar-refractivity contribution in [3.05, 3.63) is 46.5 Å². The molecule has 0 fully saturated rings. The molecule has 0 bridgehead atoms. The highest BCUT2D eigenvalue weighted by molar-refractivity contribution is 6.30. The molecule has 1 unspecified atom stereocenters.